The van der Waals surface area contributed by atoms with E-state index < -0.39 is 10.0 Å². The van der Waals surface area contributed by atoms with Crippen molar-refractivity contribution in [2.24, 2.45) is 0 Å². The Balaban J connectivity index is 1.73. The molecule has 0 aromatic heterocycles. The molecule has 0 saturated heterocycles. The summed E-state index contributed by atoms with van der Waals surface area (Å²) >= 11 is 0. The molecule has 0 heterocycles. The first kappa shape index (κ1) is 17.8. The molecule has 0 unspecified atom stereocenters. The summed E-state index contributed by atoms with van der Waals surface area (Å²) in [5.41, 5.74) is 3.13. The van der Waals surface area contributed by atoms with Gasteiger partial charge in [0.25, 0.3) is 10.0 Å². The third-order valence-electron chi connectivity index (χ3n) is 3.80. The highest BCUT2D eigenvalue weighted by molar-refractivity contribution is 7.92. The molecule has 0 radical (unpaired) electrons. The van der Waals surface area contributed by atoms with Gasteiger partial charge in [-0.05, 0) is 61.0 Å². The van der Waals surface area contributed by atoms with Crippen LogP contribution >= 0.6 is 0 Å². The van der Waals surface area contributed by atoms with Crippen LogP contribution < -0.4 is 14.8 Å². The van der Waals surface area contributed by atoms with Crippen molar-refractivity contribution >= 4 is 27.1 Å². The van der Waals surface area contributed by atoms with Gasteiger partial charge in [0.15, 0.2) is 0 Å². The largest absolute Gasteiger partial charge is 0.497 e. The fourth-order valence-electron chi connectivity index (χ4n) is 2.49. The van der Waals surface area contributed by atoms with Gasteiger partial charge in [0.2, 0.25) is 0 Å². The van der Waals surface area contributed by atoms with Crippen LogP contribution in [0.2, 0.25) is 0 Å². The number of methoxy groups -OCH3 is 1. The van der Waals surface area contributed by atoms with Crippen LogP contribution in [-0.4, -0.2) is 15.5 Å². The molecule has 0 spiro atoms. The van der Waals surface area contributed by atoms with Gasteiger partial charge < -0.3 is 10.1 Å². The SMILES string of the molecule is COc1cccc(Nc2ccc(NS(=O)(=O)c3cccc(C)c3)cc2)c1. The zero-order chi connectivity index (χ0) is 18.6. The first-order valence-corrected chi connectivity index (χ1v) is 9.55. The molecule has 0 fully saturated rings. The molecule has 0 amide bonds. The minimum atomic E-state index is -3.60. The van der Waals surface area contributed by atoms with Gasteiger partial charge >= 0.3 is 0 Å². The number of anilines is 3. The molecule has 6 heteroatoms. The van der Waals surface area contributed by atoms with E-state index in [0.717, 1.165) is 22.7 Å². The predicted octanol–water partition coefficient (Wildman–Crippen LogP) is 4.55. The fraction of sp³-hybridized carbons (Fsp3) is 0.100. The topological polar surface area (TPSA) is 67.4 Å². The number of benzene rings is 3. The summed E-state index contributed by atoms with van der Waals surface area (Å²) in [6.45, 7) is 1.86. The number of hydrogen-bond acceptors (Lipinski definition) is 4. The van der Waals surface area contributed by atoms with Crippen LogP contribution in [0, 0.1) is 6.92 Å². The van der Waals surface area contributed by atoms with E-state index >= 15 is 0 Å². The van der Waals surface area contributed by atoms with Crippen molar-refractivity contribution in [3.63, 3.8) is 0 Å². The third-order valence-corrected chi connectivity index (χ3v) is 5.17. The van der Waals surface area contributed by atoms with E-state index in [9.17, 15) is 8.42 Å². The Hall–Kier alpha value is -2.99. The van der Waals surface area contributed by atoms with Gasteiger partial charge in [0, 0.05) is 23.1 Å². The van der Waals surface area contributed by atoms with Crippen molar-refractivity contribution in [3.8, 4) is 5.75 Å². The Morgan fingerprint density at radius 1 is 0.808 bits per heavy atom. The highest BCUT2D eigenvalue weighted by Crippen LogP contribution is 2.23. The van der Waals surface area contributed by atoms with Crippen molar-refractivity contribution in [2.45, 2.75) is 11.8 Å². The summed E-state index contributed by atoms with van der Waals surface area (Å²) in [6, 6.07) is 21.4. The van der Waals surface area contributed by atoms with Gasteiger partial charge in [-0.1, -0.05) is 18.2 Å². The van der Waals surface area contributed by atoms with Crippen molar-refractivity contribution in [1.82, 2.24) is 0 Å². The van der Waals surface area contributed by atoms with E-state index in [1.54, 1.807) is 37.4 Å². The second-order valence-corrected chi connectivity index (χ2v) is 7.54. The van der Waals surface area contributed by atoms with Gasteiger partial charge in [-0.2, -0.15) is 0 Å². The number of hydrogen-bond donors (Lipinski definition) is 2. The van der Waals surface area contributed by atoms with E-state index in [4.69, 9.17) is 4.74 Å². The molecule has 0 atom stereocenters. The van der Waals surface area contributed by atoms with Gasteiger partial charge in [0.1, 0.15) is 5.75 Å². The smallest absolute Gasteiger partial charge is 0.261 e. The average Bonchev–Trinajstić information content (AvgIpc) is 2.63. The predicted molar refractivity (Wildman–Crippen MR) is 105 cm³/mol. The lowest BCUT2D eigenvalue weighted by Crippen LogP contribution is -2.13. The van der Waals surface area contributed by atoms with Gasteiger partial charge in [0.05, 0.1) is 12.0 Å². The molecule has 0 aliphatic heterocycles. The summed E-state index contributed by atoms with van der Waals surface area (Å²) in [7, 11) is -1.98. The summed E-state index contributed by atoms with van der Waals surface area (Å²) < 4.78 is 32.7. The van der Waals surface area contributed by atoms with Crippen LogP contribution in [0.25, 0.3) is 0 Å². The molecule has 3 aromatic rings. The molecule has 0 aliphatic rings. The molecule has 26 heavy (non-hydrogen) atoms. The standard InChI is InChI=1S/C20H20N2O3S/c1-15-5-3-8-20(13-15)26(23,24)22-17-11-9-16(10-12-17)21-18-6-4-7-19(14-18)25-2/h3-14,21-22H,1-2H3. The summed E-state index contributed by atoms with van der Waals surface area (Å²) in [4.78, 5) is 0.246. The molecular weight excluding hydrogens is 348 g/mol. The number of nitrogens with one attached hydrogen (secondary N) is 2. The molecule has 5 nitrogen and oxygen atoms in total. The maximum atomic E-state index is 12.5. The lowest BCUT2D eigenvalue weighted by Gasteiger charge is -2.11. The van der Waals surface area contributed by atoms with Crippen LogP contribution in [0.15, 0.2) is 77.7 Å². The minimum Gasteiger partial charge on any atom is -0.497 e. The lowest BCUT2D eigenvalue weighted by atomic mass is 10.2. The quantitative estimate of drug-likeness (QED) is 0.670. The number of sulfonamides is 1. The minimum absolute atomic E-state index is 0.246. The van der Waals surface area contributed by atoms with E-state index in [-0.39, 0.29) is 4.90 Å². The summed E-state index contributed by atoms with van der Waals surface area (Å²) in [5, 5.41) is 3.25. The average molecular weight is 368 g/mol. The molecule has 0 bridgehead atoms. The second kappa shape index (κ2) is 7.49. The number of ether oxygens (including phenoxy) is 1. The Morgan fingerprint density at radius 3 is 2.19 bits per heavy atom. The van der Waals surface area contributed by atoms with E-state index in [2.05, 4.69) is 10.0 Å². The molecule has 3 aromatic carbocycles. The zero-order valence-corrected chi connectivity index (χ0v) is 15.4. The van der Waals surface area contributed by atoms with Crippen molar-refractivity contribution in [2.75, 3.05) is 17.1 Å². The van der Waals surface area contributed by atoms with Crippen LogP contribution in [0.5, 0.6) is 5.75 Å². The number of aryl methyl sites for hydroxylation is 1. The zero-order valence-electron chi connectivity index (χ0n) is 14.6. The highest BCUT2D eigenvalue weighted by atomic mass is 32.2. The van der Waals surface area contributed by atoms with Crippen molar-refractivity contribution in [3.05, 3.63) is 78.4 Å². The van der Waals surface area contributed by atoms with Crippen LogP contribution in [0.1, 0.15) is 5.56 Å². The summed E-state index contributed by atoms with van der Waals surface area (Å²) in [6.07, 6.45) is 0. The van der Waals surface area contributed by atoms with Crippen molar-refractivity contribution in [1.29, 1.82) is 0 Å². The van der Waals surface area contributed by atoms with Crippen molar-refractivity contribution < 1.29 is 13.2 Å². The fourth-order valence-corrected chi connectivity index (χ4v) is 3.65. The van der Waals surface area contributed by atoms with Crippen LogP contribution in [0.4, 0.5) is 17.1 Å². The van der Waals surface area contributed by atoms with E-state index in [1.165, 1.54) is 0 Å². The maximum absolute atomic E-state index is 12.5. The molecular formula is C20H20N2O3S. The third kappa shape index (κ3) is 4.34. The summed E-state index contributed by atoms with van der Waals surface area (Å²) in [5.74, 6) is 0.762. The highest BCUT2D eigenvalue weighted by Gasteiger charge is 2.14. The second-order valence-electron chi connectivity index (χ2n) is 5.86. The molecule has 0 aliphatic carbocycles. The molecule has 0 saturated carbocycles. The Labute approximate surface area is 153 Å². The van der Waals surface area contributed by atoms with Gasteiger partial charge in [-0.25, -0.2) is 8.42 Å². The van der Waals surface area contributed by atoms with Crippen LogP contribution in [0.3, 0.4) is 0 Å². The molecule has 3 rings (SSSR count). The van der Waals surface area contributed by atoms with Crippen LogP contribution in [-0.2, 0) is 10.0 Å². The molecule has 2 N–H and O–H groups in total. The van der Waals surface area contributed by atoms with E-state index in [1.807, 2.05) is 49.4 Å². The number of rotatable bonds is 6. The Kier molecular flexibility index (Phi) is 5.14. The first-order chi connectivity index (χ1) is 12.5. The first-order valence-electron chi connectivity index (χ1n) is 8.07. The monoisotopic (exact) mass is 368 g/mol. The Bertz CT molecular complexity index is 1000. The van der Waals surface area contributed by atoms with E-state index in [0.29, 0.717) is 5.69 Å². The lowest BCUT2D eigenvalue weighted by molar-refractivity contribution is 0.415. The Morgan fingerprint density at radius 2 is 1.50 bits per heavy atom. The van der Waals surface area contributed by atoms with Gasteiger partial charge in [-0.15, -0.1) is 0 Å². The molecule has 134 valence electrons. The maximum Gasteiger partial charge on any atom is 0.261 e. The van der Waals surface area contributed by atoms with Gasteiger partial charge in [-0.3, -0.25) is 4.72 Å². The normalized spacial score (nSPS) is 11.0.